The summed E-state index contributed by atoms with van der Waals surface area (Å²) in [4.78, 5) is 12.1. The van der Waals surface area contributed by atoms with Crippen molar-refractivity contribution in [1.29, 1.82) is 0 Å². The Kier molecular flexibility index (Phi) is 5.40. The maximum absolute atomic E-state index is 12.1. The predicted molar refractivity (Wildman–Crippen MR) is 66.9 cm³/mol. The van der Waals surface area contributed by atoms with Gasteiger partial charge in [0.15, 0.2) is 0 Å². The van der Waals surface area contributed by atoms with Crippen LogP contribution < -0.4 is 5.32 Å². The van der Waals surface area contributed by atoms with E-state index in [1.54, 1.807) is 0 Å². The van der Waals surface area contributed by atoms with Crippen LogP contribution in [0.25, 0.3) is 0 Å². The van der Waals surface area contributed by atoms with Gasteiger partial charge in [-0.2, -0.15) is 0 Å². The van der Waals surface area contributed by atoms with Crippen molar-refractivity contribution in [2.45, 2.75) is 64.1 Å². The minimum atomic E-state index is -0.552. The second-order valence-corrected chi connectivity index (χ2v) is 4.88. The Bertz CT molecular complexity index is 253. The normalized spacial score (nSPS) is 30.9. The molecule has 1 heterocycles. The molecule has 1 rings (SSSR count). The zero-order valence-corrected chi connectivity index (χ0v) is 11.4. The molecule has 0 aromatic rings. The molecule has 3 atom stereocenters. The molecule has 1 aliphatic rings. The van der Waals surface area contributed by atoms with E-state index < -0.39 is 5.54 Å². The standard InChI is InChI=1S/C13H25NO3/c1-5-10(3)14-13(12(15)16-4)7-8-17-11(6-2)9-13/h10-11,14H,5-9H2,1-4H3. The molecule has 0 aliphatic carbocycles. The van der Waals surface area contributed by atoms with E-state index in [-0.39, 0.29) is 12.1 Å². The average molecular weight is 243 g/mol. The second-order valence-electron chi connectivity index (χ2n) is 4.88. The zero-order chi connectivity index (χ0) is 12.9. The molecule has 0 amide bonds. The van der Waals surface area contributed by atoms with Gasteiger partial charge in [-0.05, 0) is 26.2 Å². The number of methoxy groups -OCH3 is 1. The molecule has 3 unspecified atom stereocenters. The molecule has 0 spiro atoms. The molecular formula is C13H25NO3. The van der Waals surface area contributed by atoms with Crippen molar-refractivity contribution in [2.75, 3.05) is 13.7 Å². The number of rotatable bonds is 5. The maximum Gasteiger partial charge on any atom is 0.326 e. The third kappa shape index (κ3) is 3.42. The molecule has 1 N–H and O–H groups in total. The molecule has 1 aliphatic heterocycles. The Hall–Kier alpha value is -0.610. The Morgan fingerprint density at radius 1 is 1.59 bits per heavy atom. The third-order valence-electron chi connectivity index (χ3n) is 3.63. The van der Waals surface area contributed by atoms with Crippen LogP contribution in [-0.2, 0) is 14.3 Å². The van der Waals surface area contributed by atoms with E-state index in [9.17, 15) is 4.79 Å². The van der Waals surface area contributed by atoms with Crippen molar-refractivity contribution in [3.05, 3.63) is 0 Å². The summed E-state index contributed by atoms with van der Waals surface area (Å²) in [5.41, 5.74) is -0.552. The van der Waals surface area contributed by atoms with Crippen LogP contribution in [0.15, 0.2) is 0 Å². The van der Waals surface area contributed by atoms with Crippen molar-refractivity contribution in [1.82, 2.24) is 5.32 Å². The number of ether oxygens (including phenoxy) is 2. The van der Waals surface area contributed by atoms with Crippen molar-refractivity contribution < 1.29 is 14.3 Å². The van der Waals surface area contributed by atoms with Crippen LogP contribution in [0, 0.1) is 0 Å². The van der Waals surface area contributed by atoms with E-state index in [2.05, 4.69) is 26.1 Å². The van der Waals surface area contributed by atoms with E-state index in [0.29, 0.717) is 25.5 Å². The highest BCUT2D eigenvalue weighted by atomic mass is 16.5. The summed E-state index contributed by atoms with van der Waals surface area (Å²) in [6.07, 6.45) is 3.48. The minimum absolute atomic E-state index is 0.152. The molecule has 1 saturated heterocycles. The van der Waals surface area contributed by atoms with Gasteiger partial charge in [-0.3, -0.25) is 10.1 Å². The third-order valence-corrected chi connectivity index (χ3v) is 3.63. The first-order valence-corrected chi connectivity index (χ1v) is 6.55. The van der Waals surface area contributed by atoms with Crippen molar-refractivity contribution in [3.8, 4) is 0 Å². The summed E-state index contributed by atoms with van der Waals surface area (Å²) in [6, 6.07) is 0.310. The number of hydrogen-bond donors (Lipinski definition) is 1. The van der Waals surface area contributed by atoms with Crippen LogP contribution in [0.1, 0.15) is 46.5 Å². The Labute approximate surface area is 104 Å². The van der Waals surface area contributed by atoms with Gasteiger partial charge in [0.1, 0.15) is 5.54 Å². The molecule has 100 valence electrons. The van der Waals surface area contributed by atoms with E-state index in [0.717, 1.165) is 12.8 Å². The lowest BCUT2D eigenvalue weighted by molar-refractivity contribution is -0.156. The number of nitrogens with one attached hydrogen (secondary N) is 1. The molecule has 0 aromatic carbocycles. The summed E-state index contributed by atoms with van der Waals surface area (Å²) in [5, 5.41) is 3.44. The number of carbonyl (C=O) groups excluding carboxylic acids is 1. The van der Waals surface area contributed by atoms with Gasteiger partial charge in [0.05, 0.1) is 13.2 Å². The molecule has 0 aromatic heterocycles. The SMILES string of the molecule is CCC(C)NC1(C(=O)OC)CCOC(CC)C1. The van der Waals surface area contributed by atoms with Gasteiger partial charge < -0.3 is 9.47 Å². The first-order valence-electron chi connectivity index (χ1n) is 6.55. The molecule has 4 heteroatoms. The van der Waals surface area contributed by atoms with Crippen LogP contribution in [-0.4, -0.2) is 37.4 Å². The van der Waals surface area contributed by atoms with Gasteiger partial charge in [0.25, 0.3) is 0 Å². The van der Waals surface area contributed by atoms with Crippen LogP contribution >= 0.6 is 0 Å². The Balaban J connectivity index is 2.81. The lowest BCUT2D eigenvalue weighted by Crippen LogP contribution is -2.60. The van der Waals surface area contributed by atoms with E-state index in [4.69, 9.17) is 9.47 Å². The quantitative estimate of drug-likeness (QED) is 0.749. The van der Waals surface area contributed by atoms with Crippen molar-refractivity contribution >= 4 is 5.97 Å². The maximum atomic E-state index is 12.1. The fraction of sp³-hybridized carbons (Fsp3) is 0.923. The van der Waals surface area contributed by atoms with Crippen LogP contribution in [0.3, 0.4) is 0 Å². The fourth-order valence-electron chi connectivity index (χ4n) is 2.36. The smallest absolute Gasteiger partial charge is 0.326 e. The Morgan fingerprint density at radius 2 is 2.29 bits per heavy atom. The largest absolute Gasteiger partial charge is 0.468 e. The van der Waals surface area contributed by atoms with E-state index >= 15 is 0 Å². The van der Waals surface area contributed by atoms with Gasteiger partial charge in [-0.25, -0.2) is 0 Å². The van der Waals surface area contributed by atoms with Gasteiger partial charge in [0.2, 0.25) is 0 Å². The summed E-state index contributed by atoms with van der Waals surface area (Å²) < 4.78 is 10.6. The van der Waals surface area contributed by atoms with Crippen molar-refractivity contribution in [3.63, 3.8) is 0 Å². The fourth-order valence-corrected chi connectivity index (χ4v) is 2.36. The number of hydrogen-bond acceptors (Lipinski definition) is 4. The lowest BCUT2D eigenvalue weighted by atomic mass is 9.85. The highest BCUT2D eigenvalue weighted by Crippen LogP contribution is 2.28. The van der Waals surface area contributed by atoms with E-state index in [1.807, 2.05) is 0 Å². The van der Waals surface area contributed by atoms with E-state index in [1.165, 1.54) is 7.11 Å². The van der Waals surface area contributed by atoms with Crippen LogP contribution in [0.4, 0.5) is 0 Å². The minimum Gasteiger partial charge on any atom is -0.468 e. The monoisotopic (exact) mass is 243 g/mol. The summed E-state index contributed by atoms with van der Waals surface area (Å²) in [5.74, 6) is -0.153. The topological polar surface area (TPSA) is 47.6 Å². The molecule has 4 nitrogen and oxygen atoms in total. The molecule has 0 bridgehead atoms. The summed E-state index contributed by atoms with van der Waals surface area (Å²) >= 11 is 0. The molecule has 0 saturated carbocycles. The lowest BCUT2D eigenvalue weighted by Gasteiger charge is -2.40. The highest BCUT2D eigenvalue weighted by Gasteiger charge is 2.44. The molecule has 1 fully saturated rings. The number of carbonyl (C=O) groups is 1. The van der Waals surface area contributed by atoms with Crippen molar-refractivity contribution in [2.24, 2.45) is 0 Å². The first kappa shape index (κ1) is 14.5. The van der Waals surface area contributed by atoms with Gasteiger partial charge in [0, 0.05) is 19.1 Å². The first-order chi connectivity index (χ1) is 8.07. The molecule has 17 heavy (non-hydrogen) atoms. The predicted octanol–water partition coefficient (Wildman–Crippen LogP) is 1.88. The Morgan fingerprint density at radius 3 is 2.82 bits per heavy atom. The van der Waals surface area contributed by atoms with Gasteiger partial charge >= 0.3 is 5.97 Å². The van der Waals surface area contributed by atoms with Crippen LogP contribution in [0.2, 0.25) is 0 Å². The zero-order valence-electron chi connectivity index (χ0n) is 11.4. The summed E-state index contributed by atoms with van der Waals surface area (Å²) in [7, 11) is 1.46. The molecule has 0 radical (unpaired) electrons. The number of esters is 1. The van der Waals surface area contributed by atoms with Crippen LogP contribution in [0.5, 0.6) is 0 Å². The summed E-state index contributed by atoms with van der Waals surface area (Å²) in [6.45, 7) is 6.92. The highest BCUT2D eigenvalue weighted by molar-refractivity contribution is 5.81. The average Bonchev–Trinajstić information content (AvgIpc) is 2.37. The second kappa shape index (κ2) is 6.36. The molecular weight excluding hydrogens is 218 g/mol. The van der Waals surface area contributed by atoms with Gasteiger partial charge in [-0.1, -0.05) is 13.8 Å². The van der Waals surface area contributed by atoms with Gasteiger partial charge in [-0.15, -0.1) is 0 Å².